The zero-order valence-corrected chi connectivity index (χ0v) is 14.2. The van der Waals surface area contributed by atoms with Crippen LogP contribution >= 0.6 is 11.6 Å². The lowest BCUT2D eigenvalue weighted by molar-refractivity contribution is 0.0249. The van der Waals surface area contributed by atoms with E-state index in [9.17, 15) is 9.18 Å². The van der Waals surface area contributed by atoms with Crippen molar-refractivity contribution < 1.29 is 9.13 Å². The number of halogens is 2. The maximum absolute atomic E-state index is 13.9. The molecule has 0 spiro atoms. The van der Waals surface area contributed by atoms with Crippen LogP contribution < -0.4 is 10.9 Å². The van der Waals surface area contributed by atoms with E-state index in [1.165, 1.54) is 22.8 Å². The predicted octanol–water partition coefficient (Wildman–Crippen LogP) is 3.17. The van der Waals surface area contributed by atoms with Gasteiger partial charge in [-0.1, -0.05) is 23.7 Å². The Bertz CT molecular complexity index is 862. The van der Waals surface area contributed by atoms with E-state index < -0.39 is 5.82 Å². The fourth-order valence-corrected chi connectivity index (χ4v) is 3.13. The van der Waals surface area contributed by atoms with Gasteiger partial charge in [-0.05, 0) is 23.8 Å². The molecule has 0 aliphatic carbocycles. The molecule has 25 heavy (non-hydrogen) atoms. The average Bonchev–Trinajstić information content (AvgIpc) is 2.85. The summed E-state index contributed by atoms with van der Waals surface area (Å²) in [5, 5.41) is 3.33. The van der Waals surface area contributed by atoms with E-state index in [0.29, 0.717) is 31.8 Å². The lowest BCUT2D eigenvalue weighted by Gasteiger charge is -2.26. The van der Waals surface area contributed by atoms with Gasteiger partial charge in [-0.25, -0.2) is 9.24 Å². The van der Waals surface area contributed by atoms with Crippen molar-refractivity contribution in [2.45, 2.75) is 12.6 Å². The second-order valence-corrected chi connectivity index (χ2v) is 6.30. The highest BCUT2D eigenvalue weighted by Gasteiger charge is 2.27. The summed E-state index contributed by atoms with van der Waals surface area (Å²) in [7, 11) is 0. The van der Waals surface area contributed by atoms with Crippen LogP contribution in [0.1, 0.15) is 11.7 Å². The first kappa shape index (κ1) is 17.6. The van der Waals surface area contributed by atoms with Gasteiger partial charge in [0.25, 0.3) is 11.2 Å². The van der Waals surface area contributed by atoms with Crippen molar-refractivity contribution in [3.63, 3.8) is 0 Å². The number of pyridine rings is 1. The van der Waals surface area contributed by atoms with Gasteiger partial charge < -0.3 is 14.6 Å². The summed E-state index contributed by atoms with van der Waals surface area (Å²) in [6.07, 6.45) is 1.28. The smallest absolute Gasteiger partial charge is 0.256 e. The molecule has 1 aromatic carbocycles. The second kappa shape index (κ2) is 7.79. The van der Waals surface area contributed by atoms with E-state index in [1.54, 1.807) is 18.3 Å². The molecule has 2 heterocycles. The van der Waals surface area contributed by atoms with E-state index >= 15 is 0 Å². The summed E-state index contributed by atoms with van der Waals surface area (Å²) in [5.41, 5.74) is 0.437. The van der Waals surface area contributed by atoms with Crippen molar-refractivity contribution in [1.29, 1.82) is 0 Å². The van der Waals surface area contributed by atoms with Crippen LogP contribution in [0, 0.1) is 18.3 Å². The summed E-state index contributed by atoms with van der Waals surface area (Å²) in [4.78, 5) is 15.6. The molecule has 2 aromatic rings. The third-order valence-corrected chi connectivity index (χ3v) is 4.54. The Morgan fingerprint density at radius 3 is 3.04 bits per heavy atom. The molecule has 0 unspecified atom stereocenters. The third-order valence-electron chi connectivity index (χ3n) is 4.23. The molecule has 5 nitrogen and oxygen atoms in total. The Balaban J connectivity index is 1.92. The van der Waals surface area contributed by atoms with Crippen LogP contribution in [0.3, 0.4) is 0 Å². The van der Waals surface area contributed by atoms with E-state index in [4.69, 9.17) is 22.9 Å². The van der Waals surface area contributed by atoms with Crippen LogP contribution in [0.4, 0.5) is 10.1 Å². The summed E-state index contributed by atoms with van der Waals surface area (Å²) < 4.78 is 21.3. The highest BCUT2D eigenvalue weighted by atomic mass is 35.5. The molecule has 1 aromatic heterocycles. The number of hydrogen-bond donors (Lipinski definition) is 1. The largest absolute Gasteiger partial charge is 0.372 e. The minimum absolute atomic E-state index is 0.0630. The van der Waals surface area contributed by atoms with Gasteiger partial charge >= 0.3 is 0 Å². The second-order valence-electron chi connectivity index (χ2n) is 5.89. The predicted molar refractivity (Wildman–Crippen MR) is 93.4 cm³/mol. The van der Waals surface area contributed by atoms with Crippen LogP contribution in [-0.4, -0.2) is 24.3 Å². The number of nitrogens with one attached hydrogen (secondary N) is 1. The average molecular weight is 362 g/mol. The van der Waals surface area contributed by atoms with Gasteiger partial charge in [0.2, 0.25) is 0 Å². The summed E-state index contributed by atoms with van der Waals surface area (Å²) in [6, 6.07) is 7.81. The Morgan fingerprint density at radius 1 is 1.44 bits per heavy atom. The van der Waals surface area contributed by atoms with Gasteiger partial charge in [-0.3, -0.25) is 4.79 Å². The van der Waals surface area contributed by atoms with E-state index in [-0.39, 0.29) is 28.3 Å². The van der Waals surface area contributed by atoms with Gasteiger partial charge in [0, 0.05) is 31.7 Å². The number of ether oxygens (including phenoxy) is 1. The summed E-state index contributed by atoms with van der Waals surface area (Å²) in [5.74, 6) is -0.590. The Morgan fingerprint density at radius 2 is 2.28 bits per heavy atom. The van der Waals surface area contributed by atoms with Crippen LogP contribution in [0.2, 0.25) is 5.02 Å². The van der Waals surface area contributed by atoms with Gasteiger partial charge in [0.15, 0.2) is 0 Å². The van der Waals surface area contributed by atoms with Crippen molar-refractivity contribution in [2.24, 2.45) is 5.92 Å². The normalized spacial score (nSPS) is 20.7. The molecule has 1 aliphatic heterocycles. The summed E-state index contributed by atoms with van der Waals surface area (Å²) >= 11 is 5.77. The topological polar surface area (TPSA) is 47.6 Å². The Labute approximate surface area is 149 Å². The molecule has 7 heteroatoms. The highest BCUT2D eigenvalue weighted by molar-refractivity contribution is 6.30. The quantitative estimate of drug-likeness (QED) is 0.854. The number of rotatable bonds is 3. The van der Waals surface area contributed by atoms with Crippen molar-refractivity contribution in [3.8, 4) is 0 Å². The molecular weight excluding hydrogens is 345 g/mol. The highest BCUT2D eigenvalue weighted by Crippen LogP contribution is 2.30. The fourth-order valence-electron chi connectivity index (χ4n) is 3.01. The molecule has 0 amide bonds. The first-order chi connectivity index (χ1) is 12.1. The molecule has 1 aliphatic rings. The van der Waals surface area contributed by atoms with E-state index in [1.807, 2.05) is 0 Å². The summed E-state index contributed by atoms with van der Waals surface area (Å²) in [6.45, 7) is 9.22. The number of nitrogens with zero attached hydrogens (tertiary/aromatic N) is 2. The zero-order valence-electron chi connectivity index (χ0n) is 13.4. The van der Waals surface area contributed by atoms with Crippen molar-refractivity contribution in [1.82, 2.24) is 9.88 Å². The van der Waals surface area contributed by atoms with Crippen LogP contribution in [0.15, 0.2) is 41.3 Å². The Hall–Kier alpha value is -2.20. The number of benzene rings is 1. The molecule has 0 saturated carbocycles. The van der Waals surface area contributed by atoms with E-state index in [0.717, 1.165) is 0 Å². The fraction of sp³-hybridized carbons (Fsp3) is 0.333. The SMILES string of the molecule is [C-]#[N+]c1cccn(C[C@@H]2CNCCO[C@H]2c2ccc(Cl)c(F)c2)c1=O. The number of aromatic nitrogens is 1. The van der Waals surface area contributed by atoms with Crippen molar-refractivity contribution in [3.05, 3.63) is 74.7 Å². The van der Waals surface area contributed by atoms with Gasteiger partial charge in [0.05, 0.1) is 24.3 Å². The lowest BCUT2D eigenvalue weighted by atomic mass is 9.95. The monoisotopic (exact) mass is 361 g/mol. The lowest BCUT2D eigenvalue weighted by Crippen LogP contribution is -2.32. The minimum atomic E-state index is -0.495. The van der Waals surface area contributed by atoms with Gasteiger partial charge in [0.1, 0.15) is 5.82 Å². The van der Waals surface area contributed by atoms with E-state index in [2.05, 4.69) is 10.2 Å². The molecule has 130 valence electrons. The maximum Gasteiger partial charge on any atom is 0.256 e. The number of hydrogen-bond acceptors (Lipinski definition) is 3. The minimum Gasteiger partial charge on any atom is -0.372 e. The van der Waals surface area contributed by atoms with Gasteiger partial charge in [-0.2, -0.15) is 0 Å². The molecule has 0 radical (unpaired) electrons. The molecule has 0 bridgehead atoms. The molecule has 1 fully saturated rings. The van der Waals surface area contributed by atoms with Crippen LogP contribution in [-0.2, 0) is 11.3 Å². The standard InChI is InChI=1S/C18H17ClFN3O2/c1-21-16-3-2-7-23(18(16)24)11-13-10-22-6-8-25-17(13)12-4-5-14(19)15(20)9-12/h2-5,7,9,13,17,22H,6,8,10-11H2/t13-,17-/m0/s1. The molecular formula is C18H17ClFN3O2. The van der Waals surface area contributed by atoms with Crippen LogP contribution in [0.25, 0.3) is 4.85 Å². The molecule has 3 rings (SSSR count). The molecule has 2 atom stereocenters. The first-order valence-electron chi connectivity index (χ1n) is 7.94. The van der Waals surface area contributed by atoms with Crippen LogP contribution in [0.5, 0.6) is 0 Å². The third kappa shape index (κ3) is 3.90. The zero-order chi connectivity index (χ0) is 17.8. The van der Waals surface area contributed by atoms with Crippen molar-refractivity contribution >= 4 is 17.3 Å². The van der Waals surface area contributed by atoms with Crippen molar-refractivity contribution in [2.75, 3.05) is 19.7 Å². The molecule has 1 saturated heterocycles. The first-order valence-corrected chi connectivity index (χ1v) is 8.32. The maximum atomic E-state index is 13.9. The Kier molecular flexibility index (Phi) is 5.49. The van der Waals surface area contributed by atoms with Gasteiger partial charge in [-0.15, -0.1) is 0 Å². The molecule has 1 N–H and O–H groups in total.